The first kappa shape index (κ1) is 14.9. The average molecular weight is 402 g/mol. The summed E-state index contributed by atoms with van der Waals surface area (Å²) in [5.41, 5.74) is 2.03. The maximum Gasteiger partial charge on any atom is 0.203 e. The van der Waals surface area contributed by atoms with Crippen LogP contribution in [0.1, 0.15) is 47.0 Å². The third-order valence-electron chi connectivity index (χ3n) is 3.22. The summed E-state index contributed by atoms with van der Waals surface area (Å²) in [6, 6.07) is 9.81. The molecule has 1 nitrogen and oxygen atoms in total. The van der Waals surface area contributed by atoms with Crippen LogP contribution in [-0.2, 0) is 0 Å². The molecule has 0 radical (unpaired) electrons. The van der Waals surface area contributed by atoms with Crippen LogP contribution < -0.4 is 0 Å². The van der Waals surface area contributed by atoms with Gasteiger partial charge in [0.15, 0.2) is 0 Å². The molecule has 0 N–H and O–H groups in total. The van der Waals surface area contributed by atoms with Crippen molar-refractivity contribution in [2.45, 2.75) is 26.2 Å². The number of halogens is 2. The van der Waals surface area contributed by atoms with E-state index in [0.29, 0.717) is 5.92 Å². The Hall–Kier alpha value is -0.450. The Labute approximate surface area is 134 Å². The normalized spacial score (nSPS) is 12.4. The van der Waals surface area contributed by atoms with Gasteiger partial charge in [-0.05, 0) is 55.8 Å². The van der Waals surface area contributed by atoms with E-state index in [9.17, 15) is 4.79 Å². The largest absolute Gasteiger partial charge is 0.288 e. The summed E-state index contributed by atoms with van der Waals surface area (Å²) >= 11 is 8.28. The highest BCUT2D eigenvalue weighted by Crippen LogP contribution is 2.33. The molecular weight excluding hydrogens is 388 g/mol. The summed E-state index contributed by atoms with van der Waals surface area (Å²) in [7, 11) is 0. The molecule has 2 rings (SSSR count). The minimum atomic E-state index is 0.0760. The van der Waals surface area contributed by atoms with Gasteiger partial charge in [-0.25, -0.2) is 0 Å². The second-order valence-corrected chi connectivity index (χ2v) is 7.72. The first-order valence-corrected chi connectivity index (χ1v) is 8.52. The number of carbonyl (C=O) groups is 1. The molecule has 0 amide bonds. The fraction of sp³-hybridized carbons (Fsp3) is 0.267. The van der Waals surface area contributed by atoms with Gasteiger partial charge >= 0.3 is 0 Å². The zero-order chi connectivity index (χ0) is 14.0. The summed E-state index contributed by atoms with van der Waals surface area (Å²) < 4.78 is 1.88. The Morgan fingerprint density at radius 3 is 2.37 bits per heavy atom. The van der Waals surface area contributed by atoms with E-state index in [0.717, 1.165) is 25.1 Å². The van der Waals surface area contributed by atoms with Crippen LogP contribution in [0.3, 0.4) is 0 Å². The molecule has 19 heavy (non-hydrogen) atoms. The second-order valence-electron chi connectivity index (χ2n) is 4.49. The zero-order valence-electron chi connectivity index (χ0n) is 10.7. The van der Waals surface area contributed by atoms with Crippen LogP contribution in [-0.4, -0.2) is 5.78 Å². The number of thiophene rings is 1. The van der Waals surface area contributed by atoms with Crippen molar-refractivity contribution in [2.75, 3.05) is 0 Å². The van der Waals surface area contributed by atoms with Gasteiger partial charge in [-0.2, -0.15) is 0 Å². The predicted molar refractivity (Wildman–Crippen MR) is 88.3 cm³/mol. The molecule has 0 aliphatic carbocycles. The van der Waals surface area contributed by atoms with Gasteiger partial charge < -0.3 is 0 Å². The van der Waals surface area contributed by atoms with Crippen molar-refractivity contribution in [3.8, 4) is 0 Å². The van der Waals surface area contributed by atoms with Crippen LogP contribution in [0.2, 0.25) is 0 Å². The van der Waals surface area contributed by atoms with Gasteiger partial charge in [0.1, 0.15) is 0 Å². The van der Waals surface area contributed by atoms with Crippen LogP contribution in [0.25, 0.3) is 0 Å². The maximum atomic E-state index is 12.3. The van der Waals surface area contributed by atoms with E-state index in [-0.39, 0.29) is 5.78 Å². The number of ketones is 1. The lowest BCUT2D eigenvalue weighted by molar-refractivity contribution is 0.104. The van der Waals surface area contributed by atoms with Crippen molar-refractivity contribution in [3.05, 3.63) is 54.6 Å². The van der Waals surface area contributed by atoms with E-state index < -0.39 is 0 Å². The van der Waals surface area contributed by atoms with Crippen LogP contribution >= 0.6 is 43.2 Å². The maximum absolute atomic E-state index is 12.3. The summed E-state index contributed by atoms with van der Waals surface area (Å²) in [6.45, 7) is 4.37. The van der Waals surface area contributed by atoms with Gasteiger partial charge in [0.25, 0.3) is 0 Å². The quantitative estimate of drug-likeness (QED) is 0.572. The number of carbonyl (C=O) groups excluding carboxylic acids is 1. The molecule has 0 saturated heterocycles. The lowest BCUT2D eigenvalue weighted by Crippen LogP contribution is -1.99. The number of rotatable bonds is 4. The van der Waals surface area contributed by atoms with Crippen molar-refractivity contribution in [2.24, 2.45) is 0 Å². The van der Waals surface area contributed by atoms with E-state index in [1.165, 1.54) is 16.9 Å². The number of hydrogen-bond acceptors (Lipinski definition) is 2. The van der Waals surface area contributed by atoms with Gasteiger partial charge in [0.2, 0.25) is 5.78 Å². The molecule has 0 spiro atoms. The topological polar surface area (TPSA) is 17.1 Å². The van der Waals surface area contributed by atoms with Crippen LogP contribution in [0.4, 0.5) is 0 Å². The van der Waals surface area contributed by atoms with Crippen LogP contribution in [0.15, 0.2) is 38.6 Å². The van der Waals surface area contributed by atoms with E-state index in [2.05, 4.69) is 57.8 Å². The summed E-state index contributed by atoms with van der Waals surface area (Å²) in [5, 5.41) is 0. The summed E-state index contributed by atoms with van der Waals surface area (Å²) in [6.07, 6.45) is 1.11. The molecule has 1 aromatic heterocycles. The van der Waals surface area contributed by atoms with Crippen molar-refractivity contribution in [3.63, 3.8) is 0 Å². The Kier molecular flexibility index (Phi) is 4.98. The fourth-order valence-corrected chi connectivity index (χ4v) is 3.80. The molecule has 1 heterocycles. The number of hydrogen-bond donors (Lipinski definition) is 0. The lowest BCUT2D eigenvalue weighted by Gasteiger charge is -2.09. The molecule has 4 heteroatoms. The van der Waals surface area contributed by atoms with Gasteiger partial charge in [-0.3, -0.25) is 4.79 Å². The highest BCUT2D eigenvalue weighted by Gasteiger charge is 2.14. The van der Waals surface area contributed by atoms with E-state index in [1.807, 2.05) is 18.2 Å². The van der Waals surface area contributed by atoms with Gasteiger partial charge in [0, 0.05) is 10.0 Å². The van der Waals surface area contributed by atoms with Crippen molar-refractivity contribution in [1.29, 1.82) is 0 Å². The van der Waals surface area contributed by atoms with Crippen LogP contribution in [0.5, 0.6) is 0 Å². The number of benzene rings is 1. The van der Waals surface area contributed by atoms with Crippen molar-refractivity contribution in [1.82, 2.24) is 0 Å². The molecule has 0 aliphatic rings. The monoisotopic (exact) mass is 400 g/mol. The van der Waals surface area contributed by atoms with Crippen molar-refractivity contribution < 1.29 is 4.79 Å². The molecule has 0 fully saturated rings. The predicted octanol–water partition coefficient (Wildman–Crippen LogP) is 6.02. The lowest BCUT2D eigenvalue weighted by atomic mass is 9.97. The molecule has 1 aromatic carbocycles. The summed E-state index contributed by atoms with van der Waals surface area (Å²) in [5.74, 6) is 0.612. The molecule has 0 bridgehead atoms. The molecule has 2 aromatic rings. The molecule has 1 unspecified atom stereocenters. The first-order chi connectivity index (χ1) is 9.02. The van der Waals surface area contributed by atoms with Gasteiger partial charge in [-0.15, -0.1) is 11.3 Å². The molecular formula is C15H14Br2OS. The summed E-state index contributed by atoms with van der Waals surface area (Å²) in [4.78, 5) is 13.1. The Balaban J connectivity index is 2.25. The Bertz CT molecular complexity index is 567. The van der Waals surface area contributed by atoms with E-state index in [1.54, 1.807) is 0 Å². The standard InChI is InChI=1S/C15H14Br2OS/c1-3-9(2)10-4-6-11(7-5-10)14(18)13-8-12(16)15(17)19-13/h4-9H,3H2,1-2H3. The minimum Gasteiger partial charge on any atom is -0.288 e. The molecule has 100 valence electrons. The Morgan fingerprint density at radius 2 is 1.89 bits per heavy atom. The third-order valence-corrected chi connectivity index (χ3v) is 6.48. The third kappa shape index (κ3) is 3.36. The van der Waals surface area contributed by atoms with Crippen LogP contribution in [0, 0.1) is 0 Å². The minimum absolute atomic E-state index is 0.0760. The molecule has 1 atom stereocenters. The highest BCUT2D eigenvalue weighted by atomic mass is 79.9. The Morgan fingerprint density at radius 1 is 1.26 bits per heavy atom. The van der Waals surface area contributed by atoms with Gasteiger partial charge in [-0.1, -0.05) is 38.1 Å². The van der Waals surface area contributed by atoms with Gasteiger partial charge in [0.05, 0.1) is 8.66 Å². The van der Waals surface area contributed by atoms with E-state index in [4.69, 9.17) is 0 Å². The second kappa shape index (κ2) is 6.33. The molecule has 0 saturated carbocycles. The SMILES string of the molecule is CCC(C)c1ccc(C(=O)c2cc(Br)c(Br)s2)cc1. The fourth-order valence-electron chi connectivity index (χ4n) is 1.80. The molecule has 0 aliphatic heterocycles. The van der Waals surface area contributed by atoms with E-state index >= 15 is 0 Å². The first-order valence-electron chi connectivity index (χ1n) is 6.12. The van der Waals surface area contributed by atoms with Crippen molar-refractivity contribution >= 4 is 49.0 Å². The zero-order valence-corrected chi connectivity index (χ0v) is 14.7. The smallest absolute Gasteiger partial charge is 0.203 e. The highest BCUT2D eigenvalue weighted by molar-refractivity contribution is 9.13. The average Bonchev–Trinajstić information content (AvgIpc) is 2.77.